The van der Waals surface area contributed by atoms with Crippen LogP contribution < -0.4 is 15.8 Å². The second-order valence-electron chi connectivity index (χ2n) is 7.11. The third-order valence-corrected chi connectivity index (χ3v) is 5.32. The lowest BCUT2D eigenvalue weighted by atomic mass is 9.74. The molecule has 0 radical (unpaired) electrons. The van der Waals surface area contributed by atoms with Crippen molar-refractivity contribution >= 4 is 11.6 Å². The predicted octanol–water partition coefficient (Wildman–Crippen LogP) is 3.45. The monoisotopic (exact) mass is 368 g/mol. The van der Waals surface area contributed by atoms with E-state index in [0.29, 0.717) is 37.6 Å². The number of carbonyl (C=O) groups excluding carboxylic acids is 1. The number of nitrogens with one attached hydrogen (secondary N) is 1. The van der Waals surface area contributed by atoms with Gasteiger partial charge in [0, 0.05) is 36.4 Å². The molecule has 0 saturated carbocycles. The van der Waals surface area contributed by atoms with Crippen LogP contribution in [0, 0.1) is 6.92 Å². The van der Waals surface area contributed by atoms with Crippen LogP contribution in [0.2, 0.25) is 0 Å². The van der Waals surface area contributed by atoms with E-state index in [1.54, 1.807) is 6.07 Å². The molecule has 2 aromatic carbocycles. The molecular weight excluding hydrogens is 340 g/mol. The first-order valence-corrected chi connectivity index (χ1v) is 9.49. The van der Waals surface area contributed by atoms with Gasteiger partial charge in [-0.2, -0.15) is 0 Å². The van der Waals surface area contributed by atoms with Gasteiger partial charge in [-0.1, -0.05) is 18.2 Å². The second kappa shape index (κ2) is 8.44. The van der Waals surface area contributed by atoms with Crippen molar-refractivity contribution in [1.82, 2.24) is 5.32 Å². The van der Waals surface area contributed by atoms with E-state index in [1.165, 1.54) is 5.56 Å². The quantitative estimate of drug-likeness (QED) is 0.766. The molecule has 27 heavy (non-hydrogen) atoms. The Morgan fingerprint density at radius 3 is 2.56 bits per heavy atom. The molecule has 0 aromatic heterocycles. The molecule has 1 fully saturated rings. The van der Waals surface area contributed by atoms with E-state index in [1.807, 2.05) is 38.1 Å². The molecule has 0 atom stereocenters. The number of rotatable bonds is 6. The molecule has 0 bridgehead atoms. The van der Waals surface area contributed by atoms with E-state index < -0.39 is 0 Å². The molecule has 1 aliphatic heterocycles. The van der Waals surface area contributed by atoms with Crippen molar-refractivity contribution < 1.29 is 14.3 Å². The summed E-state index contributed by atoms with van der Waals surface area (Å²) >= 11 is 0. The van der Waals surface area contributed by atoms with Gasteiger partial charge in [0.15, 0.2) is 0 Å². The van der Waals surface area contributed by atoms with E-state index in [-0.39, 0.29) is 11.3 Å². The highest BCUT2D eigenvalue weighted by atomic mass is 16.5. The fourth-order valence-corrected chi connectivity index (χ4v) is 3.63. The Kier molecular flexibility index (Phi) is 6.01. The Balaban J connectivity index is 1.78. The lowest BCUT2D eigenvalue weighted by Gasteiger charge is -2.38. The summed E-state index contributed by atoms with van der Waals surface area (Å²) in [5.41, 5.74) is 9.07. The molecule has 3 N–H and O–H groups in total. The lowest BCUT2D eigenvalue weighted by molar-refractivity contribution is 0.0487. The highest BCUT2D eigenvalue weighted by Gasteiger charge is 2.35. The third kappa shape index (κ3) is 4.42. The van der Waals surface area contributed by atoms with Crippen LogP contribution >= 0.6 is 0 Å². The Morgan fingerprint density at radius 1 is 1.19 bits per heavy atom. The molecule has 1 aliphatic rings. The summed E-state index contributed by atoms with van der Waals surface area (Å²) in [7, 11) is 0. The van der Waals surface area contributed by atoms with Crippen molar-refractivity contribution in [3.8, 4) is 5.75 Å². The molecule has 2 aromatic rings. The SMILES string of the molecule is CCOc1ccc(C2(CNC(=O)c3cc(N)ccc3C)CCOCC2)cc1. The minimum atomic E-state index is -0.132. The molecule has 5 heteroatoms. The van der Waals surface area contributed by atoms with Crippen LogP contribution in [-0.2, 0) is 10.2 Å². The van der Waals surface area contributed by atoms with E-state index in [9.17, 15) is 4.79 Å². The maximum atomic E-state index is 12.8. The Hall–Kier alpha value is -2.53. The van der Waals surface area contributed by atoms with Crippen molar-refractivity contribution in [3.63, 3.8) is 0 Å². The largest absolute Gasteiger partial charge is 0.494 e. The summed E-state index contributed by atoms with van der Waals surface area (Å²) < 4.78 is 11.1. The van der Waals surface area contributed by atoms with Gasteiger partial charge in [-0.05, 0) is 62.1 Å². The molecule has 1 amide bonds. The van der Waals surface area contributed by atoms with Crippen molar-refractivity contribution in [1.29, 1.82) is 0 Å². The minimum absolute atomic E-state index is 0.0865. The standard InChI is InChI=1S/C22H28N2O3/c1-3-27-19-8-5-17(6-9-19)22(10-12-26-13-11-22)15-24-21(25)20-14-18(23)7-4-16(20)2/h4-9,14H,3,10-13,15,23H2,1-2H3,(H,24,25). The van der Waals surface area contributed by atoms with Crippen molar-refractivity contribution in [2.45, 2.75) is 32.1 Å². The van der Waals surface area contributed by atoms with Gasteiger partial charge >= 0.3 is 0 Å². The maximum absolute atomic E-state index is 12.8. The van der Waals surface area contributed by atoms with Gasteiger partial charge in [0.25, 0.3) is 5.91 Å². The molecule has 1 heterocycles. The Bertz CT molecular complexity index is 781. The zero-order valence-electron chi connectivity index (χ0n) is 16.1. The van der Waals surface area contributed by atoms with Crippen molar-refractivity contribution in [2.24, 2.45) is 0 Å². The maximum Gasteiger partial charge on any atom is 0.251 e. The first-order valence-electron chi connectivity index (χ1n) is 9.49. The molecule has 5 nitrogen and oxygen atoms in total. The van der Waals surface area contributed by atoms with Gasteiger partial charge in [-0.25, -0.2) is 0 Å². The van der Waals surface area contributed by atoms with Gasteiger partial charge in [-0.3, -0.25) is 4.79 Å². The number of benzene rings is 2. The number of aryl methyl sites for hydroxylation is 1. The zero-order valence-corrected chi connectivity index (χ0v) is 16.1. The van der Waals surface area contributed by atoms with Crippen LogP contribution in [0.1, 0.15) is 41.3 Å². The number of hydrogen-bond acceptors (Lipinski definition) is 4. The molecular formula is C22H28N2O3. The highest BCUT2D eigenvalue weighted by Crippen LogP contribution is 2.35. The average molecular weight is 368 g/mol. The van der Waals surface area contributed by atoms with Gasteiger partial charge < -0.3 is 20.5 Å². The first-order chi connectivity index (χ1) is 13.0. The minimum Gasteiger partial charge on any atom is -0.494 e. The summed E-state index contributed by atoms with van der Waals surface area (Å²) in [5, 5.41) is 3.13. The van der Waals surface area contributed by atoms with Crippen LogP contribution in [0.25, 0.3) is 0 Å². The van der Waals surface area contributed by atoms with Crippen LogP contribution in [0.3, 0.4) is 0 Å². The van der Waals surface area contributed by atoms with E-state index in [4.69, 9.17) is 15.2 Å². The summed E-state index contributed by atoms with van der Waals surface area (Å²) in [6.07, 6.45) is 1.74. The van der Waals surface area contributed by atoms with Crippen LogP contribution in [0.4, 0.5) is 5.69 Å². The molecule has 3 rings (SSSR count). The summed E-state index contributed by atoms with van der Waals surface area (Å²) in [6.45, 7) is 6.50. The number of amides is 1. The topological polar surface area (TPSA) is 73.6 Å². The molecule has 0 spiro atoms. The van der Waals surface area contributed by atoms with Gasteiger partial charge in [0.2, 0.25) is 0 Å². The molecule has 144 valence electrons. The highest BCUT2D eigenvalue weighted by molar-refractivity contribution is 5.96. The number of anilines is 1. The van der Waals surface area contributed by atoms with Gasteiger partial charge in [0.1, 0.15) is 5.75 Å². The number of nitrogen functional groups attached to an aromatic ring is 1. The number of ether oxygens (including phenoxy) is 2. The smallest absolute Gasteiger partial charge is 0.251 e. The summed E-state index contributed by atoms with van der Waals surface area (Å²) in [5.74, 6) is 0.777. The lowest BCUT2D eigenvalue weighted by Crippen LogP contribution is -2.44. The molecule has 0 aliphatic carbocycles. The third-order valence-electron chi connectivity index (χ3n) is 5.32. The second-order valence-corrected chi connectivity index (χ2v) is 7.11. The zero-order chi connectivity index (χ0) is 19.3. The first kappa shape index (κ1) is 19.2. The fourth-order valence-electron chi connectivity index (χ4n) is 3.63. The number of carbonyl (C=O) groups is 1. The van der Waals surface area contributed by atoms with Gasteiger partial charge in [-0.15, -0.1) is 0 Å². The average Bonchev–Trinajstić information content (AvgIpc) is 2.69. The number of nitrogens with two attached hydrogens (primary N) is 1. The normalized spacial score (nSPS) is 15.9. The summed E-state index contributed by atoms with van der Waals surface area (Å²) in [6, 6.07) is 13.6. The summed E-state index contributed by atoms with van der Waals surface area (Å²) in [4.78, 5) is 12.8. The van der Waals surface area contributed by atoms with Crippen molar-refractivity contribution in [2.75, 3.05) is 32.1 Å². The van der Waals surface area contributed by atoms with E-state index >= 15 is 0 Å². The van der Waals surface area contributed by atoms with E-state index in [0.717, 1.165) is 24.2 Å². The Morgan fingerprint density at radius 2 is 1.89 bits per heavy atom. The van der Waals surface area contributed by atoms with Crippen LogP contribution in [-0.4, -0.2) is 32.3 Å². The van der Waals surface area contributed by atoms with Crippen molar-refractivity contribution in [3.05, 3.63) is 59.2 Å². The van der Waals surface area contributed by atoms with Crippen LogP contribution in [0.15, 0.2) is 42.5 Å². The molecule has 0 unspecified atom stereocenters. The van der Waals surface area contributed by atoms with E-state index in [2.05, 4.69) is 17.4 Å². The molecule has 1 saturated heterocycles. The van der Waals surface area contributed by atoms with Gasteiger partial charge in [0.05, 0.1) is 6.61 Å². The predicted molar refractivity (Wildman–Crippen MR) is 107 cm³/mol. The fraction of sp³-hybridized carbons (Fsp3) is 0.409. The Labute approximate surface area is 160 Å². The van der Waals surface area contributed by atoms with Crippen LogP contribution in [0.5, 0.6) is 5.75 Å². The number of hydrogen-bond donors (Lipinski definition) is 2.